The number of aryl methyl sites for hydroxylation is 1. The molecule has 2 aromatic rings. The molecule has 6 heteroatoms. The maximum atomic E-state index is 6.08. The second-order valence-corrected chi connectivity index (χ2v) is 4.95. The SMILES string of the molecule is CCc1nc(-c2ncc(Cl)cc2Cl)nc(Cl)c1C. The van der Waals surface area contributed by atoms with Gasteiger partial charge in [-0.1, -0.05) is 41.7 Å². The quantitative estimate of drug-likeness (QED) is 0.773. The van der Waals surface area contributed by atoms with Crippen LogP contribution < -0.4 is 0 Å². The summed E-state index contributed by atoms with van der Waals surface area (Å²) in [6, 6.07) is 1.61. The zero-order valence-electron chi connectivity index (χ0n) is 9.84. The second-order valence-electron chi connectivity index (χ2n) is 3.75. The molecule has 0 spiro atoms. The van der Waals surface area contributed by atoms with Crippen LogP contribution in [0.5, 0.6) is 0 Å². The predicted octanol–water partition coefficient (Wildman–Crippen LogP) is 4.37. The maximum absolute atomic E-state index is 6.08. The van der Waals surface area contributed by atoms with Gasteiger partial charge in [-0.05, 0) is 19.4 Å². The first-order chi connectivity index (χ1) is 8.52. The van der Waals surface area contributed by atoms with E-state index in [0.717, 1.165) is 17.7 Å². The van der Waals surface area contributed by atoms with E-state index >= 15 is 0 Å². The Morgan fingerprint density at radius 3 is 2.50 bits per heavy atom. The van der Waals surface area contributed by atoms with Crippen molar-refractivity contribution in [2.24, 2.45) is 0 Å². The van der Waals surface area contributed by atoms with Gasteiger partial charge in [0.1, 0.15) is 10.8 Å². The Labute approximate surface area is 120 Å². The van der Waals surface area contributed by atoms with E-state index in [1.165, 1.54) is 6.20 Å². The summed E-state index contributed by atoms with van der Waals surface area (Å²) in [4.78, 5) is 12.8. The summed E-state index contributed by atoms with van der Waals surface area (Å²) in [5.41, 5.74) is 2.25. The number of nitrogens with zero attached hydrogens (tertiary/aromatic N) is 3. The molecule has 2 rings (SSSR count). The highest BCUT2D eigenvalue weighted by Crippen LogP contribution is 2.27. The van der Waals surface area contributed by atoms with Crippen molar-refractivity contribution in [3.05, 3.63) is 38.7 Å². The Morgan fingerprint density at radius 2 is 1.89 bits per heavy atom. The molecule has 0 aliphatic heterocycles. The predicted molar refractivity (Wildman–Crippen MR) is 74.4 cm³/mol. The Bertz CT molecular complexity index is 599. The van der Waals surface area contributed by atoms with Crippen LogP contribution in [0.2, 0.25) is 15.2 Å². The smallest absolute Gasteiger partial charge is 0.181 e. The molecule has 18 heavy (non-hydrogen) atoms. The Hall–Kier alpha value is -0.900. The molecule has 2 heterocycles. The molecule has 0 aliphatic carbocycles. The third-order valence-corrected chi connectivity index (χ3v) is 3.40. The van der Waals surface area contributed by atoms with Gasteiger partial charge in [0.15, 0.2) is 5.82 Å². The molecular formula is C12H10Cl3N3. The number of rotatable bonds is 2. The van der Waals surface area contributed by atoms with Crippen LogP contribution in [0, 0.1) is 6.92 Å². The van der Waals surface area contributed by atoms with Crippen LogP contribution >= 0.6 is 34.8 Å². The number of hydrogen-bond acceptors (Lipinski definition) is 3. The van der Waals surface area contributed by atoms with Gasteiger partial charge < -0.3 is 0 Å². The molecule has 0 unspecified atom stereocenters. The van der Waals surface area contributed by atoms with Crippen LogP contribution in [0.3, 0.4) is 0 Å². The van der Waals surface area contributed by atoms with Crippen molar-refractivity contribution in [2.45, 2.75) is 20.3 Å². The number of pyridine rings is 1. The summed E-state index contributed by atoms with van der Waals surface area (Å²) in [5.74, 6) is 0.420. The van der Waals surface area contributed by atoms with Crippen molar-refractivity contribution in [1.29, 1.82) is 0 Å². The molecule has 0 atom stereocenters. The molecule has 3 nitrogen and oxygen atoms in total. The first kappa shape index (κ1) is 13.5. The fraction of sp³-hybridized carbons (Fsp3) is 0.250. The van der Waals surface area contributed by atoms with Crippen molar-refractivity contribution < 1.29 is 0 Å². The lowest BCUT2D eigenvalue weighted by atomic mass is 10.2. The first-order valence-corrected chi connectivity index (χ1v) is 6.50. The van der Waals surface area contributed by atoms with Gasteiger partial charge >= 0.3 is 0 Å². The van der Waals surface area contributed by atoms with Crippen LogP contribution in [0.15, 0.2) is 12.3 Å². The maximum Gasteiger partial charge on any atom is 0.181 e. The summed E-state index contributed by atoms with van der Waals surface area (Å²) >= 11 is 18.0. The third-order valence-electron chi connectivity index (χ3n) is 2.54. The normalized spacial score (nSPS) is 10.7. The molecular weight excluding hydrogens is 293 g/mol. The minimum absolute atomic E-state index is 0.407. The molecule has 0 saturated heterocycles. The molecule has 0 radical (unpaired) electrons. The van der Waals surface area contributed by atoms with Crippen molar-refractivity contribution in [3.8, 4) is 11.5 Å². The average Bonchev–Trinajstić information content (AvgIpc) is 2.32. The first-order valence-electron chi connectivity index (χ1n) is 5.37. The Balaban J connectivity index is 2.60. The van der Waals surface area contributed by atoms with E-state index in [-0.39, 0.29) is 0 Å². The van der Waals surface area contributed by atoms with Crippen LogP contribution in [0.1, 0.15) is 18.2 Å². The van der Waals surface area contributed by atoms with Gasteiger partial charge in [-0.3, -0.25) is 0 Å². The zero-order chi connectivity index (χ0) is 13.3. The molecule has 0 bridgehead atoms. The van der Waals surface area contributed by atoms with Crippen molar-refractivity contribution in [3.63, 3.8) is 0 Å². The minimum atomic E-state index is 0.407. The van der Waals surface area contributed by atoms with E-state index in [2.05, 4.69) is 15.0 Å². The van der Waals surface area contributed by atoms with Crippen LogP contribution in [-0.2, 0) is 6.42 Å². The van der Waals surface area contributed by atoms with E-state index in [0.29, 0.717) is 26.7 Å². The van der Waals surface area contributed by atoms with E-state index in [4.69, 9.17) is 34.8 Å². The third kappa shape index (κ3) is 2.58. The Kier molecular flexibility index (Phi) is 4.05. The van der Waals surface area contributed by atoms with Crippen LogP contribution in [-0.4, -0.2) is 15.0 Å². The van der Waals surface area contributed by atoms with E-state index in [1.54, 1.807) is 6.07 Å². The number of hydrogen-bond donors (Lipinski definition) is 0. The largest absolute Gasteiger partial charge is 0.250 e. The van der Waals surface area contributed by atoms with E-state index in [1.807, 2.05) is 13.8 Å². The average molecular weight is 303 g/mol. The molecule has 2 aromatic heterocycles. The zero-order valence-corrected chi connectivity index (χ0v) is 12.1. The highest BCUT2D eigenvalue weighted by Gasteiger charge is 2.13. The van der Waals surface area contributed by atoms with Gasteiger partial charge in [0.2, 0.25) is 0 Å². The van der Waals surface area contributed by atoms with E-state index in [9.17, 15) is 0 Å². The lowest BCUT2D eigenvalue weighted by Crippen LogP contribution is -2.01. The topological polar surface area (TPSA) is 38.7 Å². The van der Waals surface area contributed by atoms with Gasteiger partial charge in [0.25, 0.3) is 0 Å². The van der Waals surface area contributed by atoms with Gasteiger partial charge in [-0.15, -0.1) is 0 Å². The van der Waals surface area contributed by atoms with Crippen molar-refractivity contribution in [2.75, 3.05) is 0 Å². The summed E-state index contributed by atoms with van der Waals surface area (Å²) in [6.07, 6.45) is 2.28. The van der Waals surface area contributed by atoms with Crippen molar-refractivity contribution in [1.82, 2.24) is 15.0 Å². The molecule has 0 aliphatic rings. The van der Waals surface area contributed by atoms with Crippen molar-refractivity contribution >= 4 is 34.8 Å². The Morgan fingerprint density at radius 1 is 1.17 bits per heavy atom. The van der Waals surface area contributed by atoms with Gasteiger partial charge in [0, 0.05) is 17.5 Å². The van der Waals surface area contributed by atoms with Gasteiger partial charge in [-0.25, -0.2) is 15.0 Å². The molecule has 0 saturated carbocycles. The lowest BCUT2D eigenvalue weighted by molar-refractivity contribution is 0.971. The number of halogens is 3. The highest BCUT2D eigenvalue weighted by atomic mass is 35.5. The van der Waals surface area contributed by atoms with Gasteiger partial charge in [0.05, 0.1) is 10.0 Å². The number of aromatic nitrogens is 3. The van der Waals surface area contributed by atoms with Crippen LogP contribution in [0.25, 0.3) is 11.5 Å². The fourth-order valence-corrected chi connectivity index (χ4v) is 2.22. The molecule has 0 amide bonds. The second kappa shape index (κ2) is 5.39. The van der Waals surface area contributed by atoms with Gasteiger partial charge in [-0.2, -0.15) is 0 Å². The summed E-state index contributed by atoms with van der Waals surface area (Å²) < 4.78 is 0. The summed E-state index contributed by atoms with van der Waals surface area (Å²) in [6.45, 7) is 3.90. The molecule has 0 N–H and O–H groups in total. The lowest BCUT2D eigenvalue weighted by Gasteiger charge is -2.08. The molecule has 94 valence electrons. The summed E-state index contributed by atoms with van der Waals surface area (Å²) in [7, 11) is 0. The summed E-state index contributed by atoms with van der Waals surface area (Å²) in [5, 5.41) is 1.30. The molecule has 0 aromatic carbocycles. The van der Waals surface area contributed by atoms with Crippen LogP contribution in [0.4, 0.5) is 0 Å². The highest BCUT2D eigenvalue weighted by molar-refractivity contribution is 6.36. The minimum Gasteiger partial charge on any atom is -0.250 e. The monoisotopic (exact) mass is 301 g/mol. The molecule has 0 fully saturated rings. The fourth-order valence-electron chi connectivity index (χ4n) is 1.56. The van der Waals surface area contributed by atoms with E-state index < -0.39 is 0 Å². The standard InChI is InChI=1S/C12H10Cl3N3/c1-3-9-6(2)11(15)18-12(17-9)10-8(14)4-7(13)5-16-10/h4-5H,3H2,1-2H3.